The Bertz CT molecular complexity index is 768. The molecule has 0 fully saturated rings. The zero-order chi connectivity index (χ0) is 16.1. The summed E-state index contributed by atoms with van der Waals surface area (Å²) in [7, 11) is 1.81. The number of hydrogen-bond acceptors (Lipinski definition) is 3. The van der Waals surface area contributed by atoms with Crippen molar-refractivity contribution in [1.29, 1.82) is 0 Å². The fourth-order valence-corrected chi connectivity index (χ4v) is 2.52. The molecule has 3 aromatic rings. The minimum absolute atomic E-state index is 0.154. The van der Waals surface area contributed by atoms with E-state index in [0.717, 1.165) is 22.5 Å². The van der Waals surface area contributed by atoms with E-state index in [9.17, 15) is 4.39 Å². The predicted octanol–water partition coefficient (Wildman–Crippen LogP) is 2.95. The van der Waals surface area contributed by atoms with Crippen LogP contribution in [0.4, 0.5) is 4.39 Å². The Morgan fingerprint density at radius 3 is 2.52 bits per heavy atom. The van der Waals surface area contributed by atoms with E-state index >= 15 is 0 Å². The van der Waals surface area contributed by atoms with Gasteiger partial charge in [-0.2, -0.15) is 15.0 Å². The molecule has 1 heterocycles. The van der Waals surface area contributed by atoms with Crippen LogP contribution < -0.4 is 5.32 Å². The molecule has 0 saturated carbocycles. The molecule has 23 heavy (non-hydrogen) atoms. The molecule has 0 aliphatic rings. The van der Waals surface area contributed by atoms with Crippen molar-refractivity contribution >= 4 is 0 Å². The van der Waals surface area contributed by atoms with Gasteiger partial charge >= 0.3 is 0 Å². The largest absolute Gasteiger partial charge is 0.311 e. The Morgan fingerprint density at radius 1 is 1.00 bits per heavy atom. The Labute approximate surface area is 135 Å². The second-order valence-electron chi connectivity index (χ2n) is 5.37. The summed E-state index contributed by atoms with van der Waals surface area (Å²) in [5.41, 5.74) is 3.55. The van der Waals surface area contributed by atoms with Crippen molar-refractivity contribution in [3.8, 4) is 11.3 Å². The van der Waals surface area contributed by atoms with Crippen LogP contribution in [0.1, 0.15) is 11.3 Å². The summed E-state index contributed by atoms with van der Waals surface area (Å²) < 4.78 is 13.6. The van der Waals surface area contributed by atoms with Crippen LogP contribution in [0, 0.1) is 5.82 Å². The standard InChI is InChI=1S/C18H19FN4/c1-23-21-17(18(22-23)15-8-3-2-4-9-15)13-20-12-11-14-7-5-6-10-16(14)19/h2-10,20H,11-13H2,1H3. The average molecular weight is 310 g/mol. The first-order valence-electron chi connectivity index (χ1n) is 7.64. The van der Waals surface area contributed by atoms with Crippen LogP contribution in [0.15, 0.2) is 54.6 Å². The summed E-state index contributed by atoms with van der Waals surface area (Å²) in [6.07, 6.45) is 0.646. The van der Waals surface area contributed by atoms with E-state index < -0.39 is 0 Å². The van der Waals surface area contributed by atoms with Gasteiger partial charge in [0.2, 0.25) is 0 Å². The van der Waals surface area contributed by atoms with Crippen molar-refractivity contribution < 1.29 is 4.39 Å². The summed E-state index contributed by atoms with van der Waals surface area (Å²) in [6.45, 7) is 1.29. The normalized spacial score (nSPS) is 10.9. The number of rotatable bonds is 6. The topological polar surface area (TPSA) is 42.7 Å². The molecule has 0 amide bonds. The number of aryl methyl sites for hydroxylation is 1. The Morgan fingerprint density at radius 2 is 1.74 bits per heavy atom. The second-order valence-corrected chi connectivity index (χ2v) is 5.37. The van der Waals surface area contributed by atoms with Crippen molar-refractivity contribution in [2.24, 2.45) is 7.05 Å². The van der Waals surface area contributed by atoms with Gasteiger partial charge in [-0.15, -0.1) is 0 Å². The van der Waals surface area contributed by atoms with Gasteiger partial charge in [-0.3, -0.25) is 0 Å². The Kier molecular flexibility index (Phi) is 4.78. The summed E-state index contributed by atoms with van der Waals surface area (Å²) in [4.78, 5) is 1.58. The molecule has 0 radical (unpaired) electrons. The minimum atomic E-state index is -0.154. The van der Waals surface area contributed by atoms with Gasteiger partial charge in [0, 0.05) is 19.2 Å². The lowest BCUT2D eigenvalue weighted by Crippen LogP contribution is -2.18. The lowest BCUT2D eigenvalue weighted by Gasteiger charge is -2.05. The van der Waals surface area contributed by atoms with Gasteiger partial charge in [0.1, 0.15) is 17.2 Å². The third kappa shape index (κ3) is 3.81. The molecule has 0 aliphatic heterocycles. The third-order valence-electron chi connectivity index (χ3n) is 3.65. The van der Waals surface area contributed by atoms with Gasteiger partial charge in [0.25, 0.3) is 0 Å². The first-order chi connectivity index (χ1) is 11.2. The predicted molar refractivity (Wildman–Crippen MR) is 88.2 cm³/mol. The van der Waals surface area contributed by atoms with Gasteiger partial charge in [-0.05, 0) is 24.6 Å². The molecule has 0 aliphatic carbocycles. The molecule has 118 valence electrons. The van der Waals surface area contributed by atoms with Crippen LogP contribution in [0.5, 0.6) is 0 Å². The van der Waals surface area contributed by atoms with Crippen molar-refractivity contribution in [2.75, 3.05) is 6.54 Å². The maximum atomic E-state index is 13.6. The first kappa shape index (κ1) is 15.4. The SMILES string of the molecule is Cn1nc(CNCCc2ccccc2F)c(-c2ccccc2)n1. The molecule has 2 aromatic carbocycles. The minimum Gasteiger partial charge on any atom is -0.311 e. The zero-order valence-electron chi connectivity index (χ0n) is 13.0. The molecule has 3 rings (SSSR count). The molecule has 0 saturated heterocycles. The van der Waals surface area contributed by atoms with E-state index in [2.05, 4.69) is 15.5 Å². The quantitative estimate of drug-likeness (QED) is 0.712. The van der Waals surface area contributed by atoms with Crippen LogP contribution in [-0.4, -0.2) is 21.5 Å². The molecule has 0 bridgehead atoms. The molecule has 4 nitrogen and oxygen atoms in total. The summed E-state index contributed by atoms with van der Waals surface area (Å²) in [6, 6.07) is 16.9. The lowest BCUT2D eigenvalue weighted by atomic mass is 10.1. The lowest BCUT2D eigenvalue weighted by molar-refractivity contribution is 0.592. The van der Waals surface area contributed by atoms with E-state index in [1.54, 1.807) is 10.9 Å². The van der Waals surface area contributed by atoms with Crippen molar-refractivity contribution in [3.05, 3.63) is 71.7 Å². The highest BCUT2D eigenvalue weighted by Gasteiger charge is 2.11. The molecular weight excluding hydrogens is 291 g/mol. The Hall–Kier alpha value is -2.53. The number of nitrogens with one attached hydrogen (secondary N) is 1. The molecule has 5 heteroatoms. The Balaban J connectivity index is 1.62. The van der Waals surface area contributed by atoms with E-state index in [0.29, 0.717) is 19.5 Å². The molecule has 0 spiro atoms. The fourth-order valence-electron chi connectivity index (χ4n) is 2.52. The highest BCUT2D eigenvalue weighted by Crippen LogP contribution is 2.19. The van der Waals surface area contributed by atoms with Gasteiger partial charge in [0.15, 0.2) is 0 Å². The highest BCUT2D eigenvalue weighted by atomic mass is 19.1. The molecule has 0 atom stereocenters. The number of halogens is 1. The number of nitrogens with zero attached hydrogens (tertiary/aromatic N) is 3. The molecular formula is C18H19FN4. The number of aromatic nitrogens is 3. The number of hydrogen-bond donors (Lipinski definition) is 1. The monoisotopic (exact) mass is 310 g/mol. The summed E-state index contributed by atoms with van der Waals surface area (Å²) >= 11 is 0. The molecule has 0 unspecified atom stereocenters. The van der Waals surface area contributed by atoms with Crippen molar-refractivity contribution in [1.82, 2.24) is 20.3 Å². The van der Waals surface area contributed by atoms with Crippen LogP contribution in [0.25, 0.3) is 11.3 Å². The van der Waals surface area contributed by atoms with Gasteiger partial charge < -0.3 is 5.32 Å². The first-order valence-corrected chi connectivity index (χ1v) is 7.64. The molecule has 1 N–H and O–H groups in total. The molecule has 1 aromatic heterocycles. The highest BCUT2D eigenvalue weighted by molar-refractivity contribution is 5.60. The number of benzene rings is 2. The summed E-state index contributed by atoms with van der Waals surface area (Å²) in [5, 5.41) is 12.2. The van der Waals surface area contributed by atoms with Crippen LogP contribution in [0.2, 0.25) is 0 Å². The second kappa shape index (κ2) is 7.15. The maximum Gasteiger partial charge on any atom is 0.126 e. The van der Waals surface area contributed by atoms with Crippen LogP contribution in [0.3, 0.4) is 0 Å². The van der Waals surface area contributed by atoms with E-state index in [-0.39, 0.29) is 5.82 Å². The van der Waals surface area contributed by atoms with Crippen LogP contribution in [-0.2, 0) is 20.0 Å². The van der Waals surface area contributed by atoms with Crippen LogP contribution >= 0.6 is 0 Å². The zero-order valence-corrected chi connectivity index (χ0v) is 13.0. The third-order valence-corrected chi connectivity index (χ3v) is 3.65. The van der Waals surface area contributed by atoms with Crippen molar-refractivity contribution in [2.45, 2.75) is 13.0 Å². The average Bonchev–Trinajstić information content (AvgIpc) is 2.95. The smallest absolute Gasteiger partial charge is 0.126 e. The van der Waals surface area contributed by atoms with Gasteiger partial charge in [-0.25, -0.2) is 4.39 Å². The van der Waals surface area contributed by atoms with Crippen molar-refractivity contribution in [3.63, 3.8) is 0 Å². The van der Waals surface area contributed by atoms with Gasteiger partial charge in [-0.1, -0.05) is 48.5 Å². The maximum absolute atomic E-state index is 13.6. The van der Waals surface area contributed by atoms with E-state index in [1.807, 2.05) is 49.5 Å². The fraction of sp³-hybridized carbons (Fsp3) is 0.222. The van der Waals surface area contributed by atoms with E-state index in [4.69, 9.17) is 0 Å². The van der Waals surface area contributed by atoms with E-state index in [1.165, 1.54) is 6.07 Å². The summed E-state index contributed by atoms with van der Waals surface area (Å²) in [5.74, 6) is -0.154. The van der Waals surface area contributed by atoms with Gasteiger partial charge in [0.05, 0.1) is 0 Å².